The molecule has 0 amide bonds. The number of ether oxygens (including phenoxy) is 2. The second kappa shape index (κ2) is 7.62. The minimum Gasteiger partial charge on any atom is -0.492 e. The summed E-state index contributed by atoms with van der Waals surface area (Å²) in [5, 5.41) is 6.58. The molecule has 2 N–H and O–H groups in total. The fourth-order valence-corrected chi connectivity index (χ4v) is 3.78. The van der Waals surface area contributed by atoms with Crippen molar-refractivity contribution in [1.29, 1.82) is 0 Å². The van der Waals surface area contributed by atoms with Crippen LogP contribution in [0.1, 0.15) is 24.2 Å². The first-order valence-electron chi connectivity index (χ1n) is 8.21. The Kier molecular flexibility index (Phi) is 5.26. The number of nitrogens with zero attached hydrogens (tertiary/aromatic N) is 2. The van der Waals surface area contributed by atoms with Gasteiger partial charge in [0.05, 0.1) is 24.3 Å². The Labute approximate surface area is 155 Å². The number of aromatic amines is 1. The highest BCUT2D eigenvalue weighted by Gasteiger charge is 2.24. The van der Waals surface area contributed by atoms with Crippen molar-refractivity contribution in [3.05, 3.63) is 42.2 Å². The van der Waals surface area contributed by atoms with Crippen LogP contribution < -0.4 is 9.46 Å². The number of hydrogen-bond donors (Lipinski definition) is 2. The molecule has 9 nitrogen and oxygen atoms in total. The van der Waals surface area contributed by atoms with Gasteiger partial charge >= 0.3 is 5.97 Å². The fraction of sp³-hybridized carbons (Fsp3) is 0.235. The summed E-state index contributed by atoms with van der Waals surface area (Å²) in [5.41, 5.74) is 0.422. The number of aromatic nitrogens is 3. The molecule has 2 aromatic heterocycles. The Balaban J connectivity index is 2.03. The quantitative estimate of drug-likeness (QED) is 0.593. The van der Waals surface area contributed by atoms with Gasteiger partial charge in [0, 0.05) is 11.6 Å². The van der Waals surface area contributed by atoms with Crippen LogP contribution in [-0.2, 0) is 14.8 Å². The third-order valence-electron chi connectivity index (χ3n) is 3.65. The summed E-state index contributed by atoms with van der Waals surface area (Å²) >= 11 is 0. The van der Waals surface area contributed by atoms with Crippen molar-refractivity contribution in [3.63, 3.8) is 0 Å². The van der Waals surface area contributed by atoms with Gasteiger partial charge < -0.3 is 9.47 Å². The van der Waals surface area contributed by atoms with E-state index in [1.165, 1.54) is 12.3 Å². The molecule has 0 spiro atoms. The van der Waals surface area contributed by atoms with Crippen molar-refractivity contribution >= 4 is 32.7 Å². The van der Waals surface area contributed by atoms with E-state index in [9.17, 15) is 13.2 Å². The second-order valence-electron chi connectivity index (χ2n) is 5.38. The number of H-pyrrole nitrogens is 1. The molecule has 0 radical (unpaired) electrons. The van der Waals surface area contributed by atoms with Crippen LogP contribution in [0.15, 0.2) is 41.6 Å². The van der Waals surface area contributed by atoms with Crippen LogP contribution in [0.25, 0.3) is 10.9 Å². The van der Waals surface area contributed by atoms with Crippen LogP contribution in [0.5, 0.6) is 5.75 Å². The Hall–Kier alpha value is -3.14. The van der Waals surface area contributed by atoms with Crippen LogP contribution >= 0.6 is 0 Å². The first kappa shape index (κ1) is 18.6. The molecule has 142 valence electrons. The molecule has 0 unspecified atom stereocenters. The smallest absolute Gasteiger partial charge is 0.343 e. The highest BCUT2D eigenvalue weighted by Crippen LogP contribution is 2.30. The number of benzene rings is 1. The Morgan fingerprint density at radius 3 is 2.78 bits per heavy atom. The number of rotatable bonds is 7. The van der Waals surface area contributed by atoms with E-state index in [1.807, 2.05) is 6.92 Å². The molecular weight excluding hydrogens is 372 g/mol. The molecule has 0 saturated heterocycles. The van der Waals surface area contributed by atoms with Gasteiger partial charge in [0.1, 0.15) is 22.6 Å². The van der Waals surface area contributed by atoms with Gasteiger partial charge in [-0.2, -0.15) is 5.10 Å². The predicted octanol–water partition coefficient (Wildman–Crippen LogP) is 2.33. The van der Waals surface area contributed by atoms with Gasteiger partial charge in [-0.1, -0.05) is 0 Å². The normalized spacial score (nSPS) is 11.3. The van der Waals surface area contributed by atoms with Crippen molar-refractivity contribution in [1.82, 2.24) is 15.2 Å². The van der Waals surface area contributed by atoms with Crippen molar-refractivity contribution in [2.24, 2.45) is 0 Å². The highest BCUT2D eigenvalue weighted by atomic mass is 32.2. The third kappa shape index (κ3) is 3.70. The zero-order chi connectivity index (χ0) is 19.4. The number of anilines is 1. The van der Waals surface area contributed by atoms with Gasteiger partial charge in [-0.05, 0) is 38.1 Å². The molecule has 0 fully saturated rings. The molecule has 27 heavy (non-hydrogen) atoms. The third-order valence-corrected chi connectivity index (χ3v) is 5.06. The lowest BCUT2D eigenvalue weighted by atomic mass is 10.2. The molecule has 3 aromatic rings. The summed E-state index contributed by atoms with van der Waals surface area (Å²) in [4.78, 5) is 16.2. The Bertz CT molecular complexity index is 1080. The fourth-order valence-electron chi connectivity index (χ4n) is 2.54. The van der Waals surface area contributed by atoms with Gasteiger partial charge in [-0.3, -0.25) is 14.8 Å². The SMILES string of the molecule is CCOC(=O)c1cn[nH]c1NS(=O)(=O)c1ccc(OCC)c2ncccc12. The Morgan fingerprint density at radius 2 is 2.04 bits per heavy atom. The first-order chi connectivity index (χ1) is 13.0. The van der Waals surface area contributed by atoms with Gasteiger partial charge in [0.25, 0.3) is 10.0 Å². The molecule has 2 heterocycles. The molecule has 0 aliphatic heterocycles. The molecule has 0 bridgehead atoms. The van der Waals surface area contributed by atoms with Gasteiger partial charge in [-0.15, -0.1) is 0 Å². The maximum atomic E-state index is 12.9. The molecule has 10 heteroatoms. The zero-order valence-electron chi connectivity index (χ0n) is 14.7. The summed E-state index contributed by atoms with van der Waals surface area (Å²) < 4.78 is 38.6. The molecule has 0 saturated carbocycles. The number of esters is 1. The first-order valence-corrected chi connectivity index (χ1v) is 9.70. The van der Waals surface area contributed by atoms with Gasteiger partial charge in [0.2, 0.25) is 0 Å². The van der Waals surface area contributed by atoms with Crippen molar-refractivity contribution in [2.75, 3.05) is 17.9 Å². The number of nitrogens with one attached hydrogen (secondary N) is 2. The predicted molar refractivity (Wildman–Crippen MR) is 98.3 cm³/mol. The van der Waals surface area contributed by atoms with Crippen LogP contribution in [0.4, 0.5) is 5.82 Å². The van der Waals surface area contributed by atoms with E-state index in [0.717, 1.165) is 0 Å². The summed E-state index contributed by atoms with van der Waals surface area (Å²) in [6.07, 6.45) is 2.76. The summed E-state index contributed by atoms with van der Waals surface area (Å²) in [5.74, 6) is -0.262. The van der Waals surface area contributed by atoms with Gasteiger partial charge in [-0.25, -0.2) is 13.2 Å². The largest absolute Gasteiger partial charge is 0.492 e. The summed E-state index contributed by atoms with van der Waals surface area (Å²) in [6.45, 7) is 4.06. The molecular formula is C17H18N4O5S. The van der Waals surface area contributed by atoms with E-state index in [2.05, 4.69) is 19.9 Å². The topological polar surface area (TPSA) is 123 Å². The van der Waals surface area contributed by atoms with Crippen molar-refractivity contribution in [3.8, 4) is 5.75 Å². The average molecular weight is 390 g/mol. The Morgan fingerprint density at radius 1 is 1.22 bits per heavy atom. The lowest BCUT2D eigenvalue weighted by Gasteiger charge is -2.12. The standard InChI is InChI=1S/C17H18N4O5S/c1-3-25-13-7-8-14(11-6-5-9-18-15(11)13)27(23,24)21-16-12(10-19-20-16)17(22)26-4-2/h5-10H,3-4H2,1-2H3,(H2,19,20,21). The summed E-state index contributed by atoms with van der Waals surface area (Å²) in [7, 11) is -4.04. The maximum Gasteiger partial charge on any atom is 0.343 e. The maximum absolute atomic E-state index is 12.9. The number of pyridine rings is 1. The van der Waals surface area contributed by atoms with E-state index < -0.39 is 16.0 Å². The van der Waals surface area contributed by atoms with Crippen LogP contribution in [-0.4, -0.2) is 42.8 Å². The number of fused-ring (bicyclic) bond motifs is 1. The van der Waals surface area contributed by atoms with Crippen LogP contribution in [0, 0.1) is 0 Å². The zero-order valence-corrected chi connectivity index (χ0v) is 15.5. The molecule has 1 aromatic carbocycles. The minimum absolute atomic E-state index is 0.00142. The van der Waals surface area contributed by atoms with Crippen molar-refractivity contribution in [2.45, 2.75) is 18.7 Å². The lowest BCUT2D eigenvalue weighted by molar-refractivity contribution is 0.0527. The summed E-state index contributed by atoms with van der Waals surface area (Å²) in [6, 6.07) is 6.25. The van der Waals surface area contributed by atoms with E-state index in [1.54, 1.807) is 31.3 Å². The molecule has 0 aliphatic rings. The second-order valence-corrected chi connectivity index (χ2v) is 7.03. The number of hydrogen-bond acceptors (Lipinski definition) is 7. The van der Waals surface area contributed by atoms with E-state index in [0.29, 0.717) is 23.3 Å². The van der Waals surface area contributed by atoms with Crippen LogP contribution in [0.3, 0.4) is 0 Å². The molecule has 0 aliphatic carbocycles. The molecule has 3 rings (SSSR count). The highest BCUT2D eigenvalue weighted by molar-refractivity contribution is 7.93. The molecule has 0 atom stereocenters. The van der Waals surface area contributed by atoms with Gasteiger partial charge in [0.15, 0.2) is 0 Å². The van der Waals surface area contributed by atoms with E-state index in [4.69, 9.17) is 9.47 Å². The van der Waals surface area contributed by atoms with E-state index in [-0.39, 0.29) is 22.9 Å². The van der Waals surface area contributed by atoms with E-state index >= 15 is 0 Å². The van der Waals surface area contributed by atoms with Crippen LogP contribution in [0.2, 0.25) is 0 Å². The minimum atomic E-state index is -4.04. The average Bonchev–Trinajstić information content (AvgIpc) is 3.09. The number of carbonyl (C=O) groups excluding carboxylic acids is 1. The number of carbonyl (C=O) groups is 1. The monoisotopic (exact) mass is 390 g/mol. The lowest BCUT2D eigenvalue weighted by Crippen LogP contribution is -2.16. The van der Waals surface area contributed by atoms with Crippen molar-refractivity contribution < 1.29 is 22.7 Å². The number of sulfonamides is 1.